The lowest BCUT2D eigenvalue weighted by Gasteiger charge is -2.38. The molecule has 0 fully saturated rings. The Labute approximate surface area is 447 Å². The Hall–Kier alpha value is -8.02. The molecule has 0 bridgehead atoms. The number of unbranched alkanes of at least 4 members (excludes halogenated alkanes) is 3. The molecule has 0 radical (unpaired) electrons. The van der Waals surface area contributed by atoms with E-state index in [4.69, 9.17) is 21.2 Å². The Balaban J connectivity index is 1.13. The summed E-state index contributed by atoms with van der Waals surface area (Å²) in [6, 6.07) is 8.06. The number of cyclic esters (lactones) is 1. The number of fused-ring (bicyclic) bond motifs is 5. The number of carbonyl (C=O) groups excluding carboxylic acids is 9. The van der Waals surface area contributed by atoms with Gasteiger partial charge in [-0.05, 0) is 86.7 Å². The van der Waals surface area contributed by atoms with Crippen molar-refractivity contribution in [3.8, 4) is 11.4 Å². The van der Waals surface area contributed by atoms with E-state index in [9.17, 15) is 48.3 Å². The molecule has 0 unspecified atom stereocenters. The molecule has 0 saturated carbocycles. The van der Waals surface area contributed by atoms with Gasteiger partial charge < -0.3 is 46.7 Å². The van der Waals surface area contributed by atoms with Crippen molar-refractivity contribution in [1.82, 2.24) is 40.6 Å². The third-order valence-electron chi connectivity index (χ3n) is 14.9. The average Bonchev–Trinajstić information content (AvgIpc) is 4.17. The first-order valence-corrected chi connectivity index (χ1v) is 26.2. The summed E-state index contributed by atoms with van der Waals surface area (Å²) in [7, 11) is 0. The fourth-order valence-electron chi connectivity index (χ4n) is 10.7. The van der Waals surface area contributed by atoms with Gasteiger partial charge in [0, 0.05) is 54.1 Å². The number of nitrogens with two attached hydrogens (primary N) is 2. The van der Waals surface area contributed by atoms with Gasteiger partial charge in [0.1, 0.15) is 25.0 Å². The molecule has 412 valence electrons. The number of benzene rings is 2. The van der Waals surface area contributed by atoms with Crippen LogP contribution in [0.2, 0.25) is 0 Å². The van der Waals surface area contributed by atoms with E-state index in [0.717, 1.165) is 4.90 Å². The van der Waals surface area contributed by atoms with E-state index in [1.165, 1.54) is 33.8 Å². The lowest BCUT2D eigenvalue weighted by atomic mass is 9.80. The van der Waals surface area contributed by atoms with E-state index in [1.807, 2.05) is 0 Å². The summed E-state index contributed by atoms with van der Waals surface area (Å²) in [5, 5.41) is 22.1. The molecule has 3 aliphatic heterocycles. The number of rotatable bonds is 23. The van der Waals surface area contributed by atoms with Crippen LogP contribution in [0.25, 0.3) is 22.3 Å². The fourth-order valence-corrected chi connectivity index (χ4v) is 10.7. The number of imide groups is 2. The van der Waals surface area contributed by atoms with Gasteiger partial charge in [0.2, 0.25) is 35.4 Å². The number of hydrogen-bond donors (Lipinski definition) is 7. The lowest BCUT2D eigenvalue weighted by molar-refractivity contribution is -0.172. The second-order valence-electron chi connectivity index (χ2n) is 20.0. The highest BCUT2D eigenvalue weighted by molar-refractivity contribution is 6.12. The number of aliphatic hydroxyl groups is 1. The largest absolute Gasteiger partial charge is 0.458 e. The molecule has 4 aromatic rings. The van der Waals surface area contributed by atoms with Crippen molar-refractivity contribution in [2.45, 2.75) is 121 Å². The molecule has 2 aromatic carbocycles. The Morgan fingerprint density at radius 3 is 2.36 bits per heavy atom. The zero-order valence-electron chi connectivity index (χ0n) is 43.4. The van der Waals surface area contributed by atoms with Gasteiger partial charge in [0.15, 0.2) is 5.60 Å². The molecule has 4 atom stereocenters. The van der Waals surface area contributed by atoms with Gasteiger partial charge in [-0.3, -0.25) is 53.4 Å². The van der Waals surface area contributed by atoms with Gasteiger partial charge in [0.05, 0.1) is 54.2 Å². The maximum Gasteiger partial charge on any atom is 0.343 e. The van der Waals surface area contributed by atoms with Crippen LogP contribution in [-0.4, -0.2) is 122 Å². The van der Waals surface area contributed by atoms with Crippen LogP contribution in [0.1, 0.15) is 110 Å². The lowest BCUT2D eigenvalue weighted by Crippen LogP contribution is -2.55. The number of amides is 8. The van der Waals surface area contributed by atoms with Crippen LogP contribution in [0.5, 0.6) is 0 Å². The highest BCUT2D eigenvalue weighted by Crippen LogP contribution is 2.48. The third kappa shape index (κ3) is 11.8. The fraction of sp³-hybridized carbons (Fsp3) is 0.436. The summed E-state index contributed by atoms with van der Waals surface area (Å²) in [6.45, 7) is 1.36. The van der Waals surface area contributed by atoms with Crippen LogP contribution >= 0.6 is 0 Å². The number of pyridine rings is 2. The molecule has 4 aliphatic rings. The van der Waals surface area contributed by atoms with Crippen LogP contribution in [-0.2, 0) is 79.5 Å². The molecule has 9 N–H and O–H groups in total. The first-order chi connectivity index (χ1) is 37.3. The molecule has 5 heterocycles. The minimum Gasteiger partial charge on any atom is -0.458 e. The van der Waals surface area contributed by atoms with Crippen LogP contribution in [0.4, 0.5) is 4.39 Å². The van der Waals surface area contributed by atoms with Gasteiger partial charge in [-0.1, -0.05) is 50.1 Å². The monoisotopic (exact) mass is 1070 g/mol. The van der Waals surface area contributed by atoms with Crippen LogP contribution < -0.4 is 38.3 Å². The van der Waals surface area contributed by atoms with Crippen molar-refractivity contribution in [3.63, 3.8) is 0 Å². The van der Waals surface area contributed by atoms with Crippen LogP contribution in [0, 0.1) is 12.7 Å². The van der Waals surface area contributed by atoms with E-state index < -0.39 is 115 Å². The normalized spacial score (nSPS) is 17.6. The maximum absolute atomic E-state index is 15.9. The summed E-state index contributed by atoms with van der Waals surface area (Å²) >= 11 is 0. The Bertz CT molecular complexity index is 3180. The van der Waals surface area contributed by atoms with Gasteiger partial charge in [-0.15, -0.1) is 0 Å². The van der Waals surface area contributed by atoms with Crippen molar-refractivity contribution in [2.24, 2.45) is 11.5 Å². The molecule has 0 saturated heterocycles. The summed E-state index contributed by atoms with van der Waals surface area (Å²) in [6.07, 6.45) is 5.01. The highest BCUT2D eigenvalue weighted by atomic mass is 19.1. The van der Waals surface area contributed by atoms with Crippen molar-refractivity contribution in [3.05, 3.63) is 110 Å². The zero-order valence-corrected chi connectivity index (χ0v) is 43.4. The second-order valence-corrected chi connectivity index (χ2v) is 20.0. The minimum absolute atomic E-state index is 0.0409. The minimum atomic E-state index is -2.16. The number of nitrogens with zero attached hydrogens (tertiary/aromatic N) is 4. The molecule has 0 spiro atoms. The Morgan fingerprint density at radius 1 is 0.910 bits per heavy atom. The van der Waals surface area contributed by atoms with Gasteiger partial charge in [-0.2, -0.15) is 0 Å². The summed E-state index contributed by atoms with van der Waals surface area (Å²) in [4.78, 5) is 141. The number of aromatic nitrogens is 2. The van der Waals surface area contributed by atoms with E-state index in [2.05, 4.69) is 21.3 Å². The first kappa shape index (κ1) is 56.2. The quantitative estimate of drug-likeness (QED) is 0.0271. The van der Waals surface area contributed by atoms with Gasteiger partial charge in [0.25, 0.3) is 17.4 Å². The second kappa shape index (κ2) is 24.1. The standard InChI is InChI=1S/C55H63FN10O12/c1-3-55(77)35-23-41-50-33(27-65(41)52(74)34(35)29-78-54(55)76)49-40(17-16-32-30(2)36(56)24-38(62-50)48(32)49)66(28-45(70)63-42(67)15-8-5-11-21-64-46(71)18-19-47(64)72)53(75)39(22-31-12-6-4-7-13-31)61-44(69)26-59-43(68)25-60-51(73)37(58)14-9-10-20-57/h4,6-7,12-13,18-19,23-24,37,39-40,77H,3,5,8-11,14-17,20-22,25-29,57-58H2,1-2H3,(H,59,68)(H,60,73)(H,61,69)(H,63,67,70)/t37-,39-,40-,55-/m0/s1. The average molecular weight is 1080 g/mol. The van der Waals surface area contributed by atoms with Crippen LogP contribution in [0.3, 0.4) is 0 Å². The predicted octanol–water partition coefficient (Wildman–Crippen LogP) is 0.887. The predicted molar refractivity (Wildman–Crippen MR) is 278 cm³/mol. The Kier molecular flexibility index (Phi) is 17.4. The van der Waals surface area contributed by atoms with Crippen LogP contribution in [0.15, 0.2) is 59.4 Å². The van der Waals surface area contributed by atoms with Crippen molar-refractivity contribution in [2.75, 3.05) is 32.7 Å². The van der Waals surface area contributed by atoms with E-state index in [0.29, 0.717) is 71.9 Å². The first-order valence-electron chi connectivity index (χ1n) is 26.2. The number of aryl methyl sites for hydroxylation is 1. The van der Waals surface area contributed by atoms with E-state index in [-0.39, 0.29) is 79.6 Å². The highest BCUT2D eigenvalue weighted by Gasteiger charge is 2.47. The summed E-state index contributed by atoms with van der Waals surface area (Å²) in [5.74, 6) is -6.79. The molecular weight excluding hydrogens is 1010 g/mol. The molecule has 78 heavy (non-hydrogen) atoms. The third-order valence-corrected chi connectivity index (χ3v) is 14.9. The van der Waals surface area contributed by atoms with Gasteiger partial charge >= 0.3 is 5.97 Å². The number of nitrogens with one attached hydrogen (secondary N) is 4. The zero-order chi connectivity index (χ0) is 56.0. The molecule has 8 amide bonds. The molecule has 8 rings (SSSR count). The maximum atomic E-state index is 15.9. The SMILES string of the molecule is CC[C@@]1(O)C(=O)OCc2c1cc1n(c2=O)Cc2c-1nc1cc(F)c(C)c3c1c2[C@@H](N(CC(=O)NC(=O)CCCCCN1C(=O)C=CC1=O)C(=O)[C@H](Cc1ccccc1)NC(=O)CNC(=O)CNC(=O)[C@@H](N)CCCCN)CC3. The van der Waals surface area contributed by atoms with Crippen molar-refractivity contribution in [1.29, 1.82) is 0 Å². The molecular formula is C55H63FN10O12. The van der Waals surface area contributed by atoms with Crippen molar-refractivity contribution >= 4 is 64.1 Å². The van der Waals surface area contributed by atoms with E-state index in [1.54, 1.807) is 44.2 Å². The molecule has 2 aromatic heterocycles. The van der Waals surface area contributed by atoms with Crippen molar-refractivity contribution < 1.29 is 57.4 Å². The molecule has 23 heteroatoms. The summed E-state index contributed by atoms with van der Waals surface area (Å²) in [5.41, 5.74) is 11.7. The van der Waals surface area contributed by atoms with Gasteiger partial charge in [-0.25, -0.2) is 14.2 Å². The molecule has 22 nitrogen and oxygen atoms in total. The number of hydrogen-bond acceptors (Lipinski definition) is 15. The van der Waals surface area contributed by atoms with E-state index >= 15 is 9.18 Å². The molecule has 1 aliphatic carbocycles. The number of halogens is 1. The summed E-state index contributed by atoms with van der Waals surface area (Å²) < 4.78 is 22.6. The topological polar surface area (TPSA) is 325 Å². The number of esters is 1. The smallest absolute Gasteiger partial charge is 0.343 e. The Morgan fingerprint density at radius 2 is 1.64 bits per heavy atom. The number of carbonyl (C=O) groups is 9. The number of ether oxygens (including phenoxy) is 1.